The summed E-state index contributed by atoms with van der Waals surface area (Å²) in [5.41, 5.74) is 9.93. The quantitative estimate of drug-likeness (QED) is 0.908. The highest BCUT2D eigenvalue weighted by Crippen LogP contribution is 2.27. The number of hydrogen-bond acceptors (Lipinski definition) is 5. The third-order valence-corrected chi connectivity index (χ3v) is 3.41. The van der Waals surface area contributed by atoms with Crippen molar-refractivity contribution in [2.75, 3.05) is 5.73 Å². The highest BCUT2D eigenvalue weighted by atomic mass is 32.1. The summed E-state index contributed by atoms with van der Waals surface area (Å²) in [6, 6.07) is 4.15. The fourth-order valence-electron chi connectivity index (χ4n) is 1.60. The van der Waals surface area contributed by atoms with Gasteiger partial charge in [-0.2, -0.15) is 0 Å². The van der Waals surface area contributed by atoms with Gasteiger partial charge in [0, 0.05) is 11.5 Å². The molecule has 0 bridgehead atoms. The number of aromatic nitrogens is 2. The lowest BCUT2D eigenvalue weighted by molar-refractivity contribution is 0.297. The first-order valence-electron chi connectivity index (χ1n) is 5.36. The number of hydrogen-bond donors (Lipinski definition) is 1. The summed E-state index contributed by atoms with van der Waals surface area (Å²) in [5.74, 6) is 0.914. The average Bonchev–Trinajstić information content (AvgIpc) is 2.70. The molecule has 0 aliphatic heterocycles. The topological polar surface area (TPSA) is 61.0 Å². The first-order valence-corrected chi connectivity index (χ1v) is 6.13. The molecule has 0 unspecified atom stereocenters. The number of benzene rings is 1. The van der Waals surface area contributed by atoms with Crippen LogP contribution in [0.15, 0.2) is 12.1 Å². The molecule has 1 aromatic carbocycles. The summed E-state index contributed by atoms with van der Waals surface area (Å²) in [6.07, 6.45) is 0. The van der Waals surface area contributed by atoms with Gasteiger partial charge in [0.2, 0.25) is 0 Å². The van der Waals surface area contributed by atoms with Crippen LogP contribution in [0.1, 0.15) is 22.4 Å². The molecule has 1 heterocycles. The van der Waals surface area contributed by atoms with Crippen molar-refractivity contribution in [1.82, 2.24) is 9.59 Å². The van der Waals surface area contributed by atoms with Gasteiger partial charge in [0.15, 0.2) is 0 Å². The van der Waals surface area contributed by atoms with Crippen LogP contribution in [-0.2, 0) is 6.61 Å². The fourth-order valence-corrected chi connectivity index (χ4v) is 2.04. The van der Waals surface area contributed by atoms with E-state index in [1.54, 1.807) is 0 Å². The highest BCUT2D eigenvalue weighted by molar-refractivity contribution is 7.09. The maximum absolute atomic E-state index is 5.80. The summed E-state index contributed by atoms with van der Waals surface area (Å²) in [7, 11) is 0. The standard InChI is InChI=1S/C12H15N3OS/c1-7-4-5-8(2)11(9(7)3)16-6-10-12(13)17-15-14-10/h4-5H,6,13H2,1-3H3. The second-order valence-electron chi connectivity index (χ2n) is 4.03. The minimum Gasteiger partial charge on any atom is -0.487 e. The Balaban J connectivity index is 2.20. The van der Waals surface area contributed by atoms with Crippen LogP contribution in [-0.4, -0.2) is 9.59 Å². The summed E-state index contributed by atoms with van der Waals surface area (Å²) in [6.45, 7) is 6.53. The average molecular weight is 249 g/mol. The predicted octanol–water partition coefficient (Wildman–Crippen LogP) is 2.62. The molecule has 0 saturated carbocycles. The van der Waals surface area contributed by atoms with Crippen LogP contribution in [0.25, 0.3) is 0 Å². The molecular formula is C12H15N3OS. The normalized spacial score (nSPS) is 10.5. The zero-order valence-corrected chi connectivity index (χ0v) is 11.0. The number of ether oxygens (including phenoxy) is 1. The van der Waals surface area contributed by atoms with E-state index < -0.39 is 0 Å². The van der Waals surface area contributed by atoms with Crippen LogP contribution in [0.3, 0.4) is 0 Å². The number of aryl methyl sites for hydroxylation is 2. The van der Waals surface area contributed by atoms with Gasteiger partial charge in [-0.3, -0.25) is 0 Å². The minimum absolute atomic E-state index is 0.369. The van der Waals surface area contributed by atoms with Gasteiger partial charge in [-0.05, 0) is 37.5 Å². The monoisotopic (exact) mass is 249 g/mol. The van der Waals surface area contributed by atoms with Crippen molar-refractivity contribution in [2.45, 2.75) is 27.4 Å². The lowest BCUT2D eigenvalue weighted by Gasteiger charge is -2.13. The lowest BCUT2D eigenvalue weighted by atomic mass is 10.1. The van der Waals surface area contributed by atoms with Crippen molar-refractivity contribution < 1.29 is 4.74 Å². The van der Waals surface area contributed by atoms with Crippen molar-refractivity contribution in [2.24, 2.45) is 0 Å². The van der Waals surface area contributed by atoms with Crippen LogP contribution in [0.2, 0.25) is 0 Å². The number of anilines is 1. The van der Waals surface area contributed by atoms with Gasteiger partial charge in [-0.1, -0.05) is 16.6 Å². The molecule has 1 aromatic heterocycles. The van der Waals surface area contributed by atoms with Gasteiger partial charge >= 0.3 is 0 Å². The Kier molecular flexibility index (Phi) is 3.28. The van der Waals surface area contributed by atoms with E-state index >= 15 is 0 Å². The maximum atomic E-state index is 5.80. The number of nitrogens with zero attached hydrogens (tertiary/aromatic N) is 2. The summed E-state index contributed by atoms with van der Waals surface area (Å²) in [4.78, 5) is 0. The zero-order valence-electron chi connectivity index (χ0n) is 10.2. The Bertz CT molecular complexity index is 537. The predicted molar refractivity (Wildman–Crippen MR) is 69.3 cm³/mol. The SMILES string of the molecule is Cc1ccc(C)c(OCc2nnsc2N)c1C. The smallest absolute Gasteiger partial charge is 0.136 e. The van der Waals surface area contributed by atoms with Crippen molar-refractivity contribution in [3.8, 4) is 5.75 Å². The molecular weight excluding hydrogens is 234 g/mol. The molecule has 4 nitrogen and oxygen atoms in total. The van der Waals surface area contributed by atoms with Gasteiger partial charge in [-0.25, -0.2) is 0 Å². The molecule has 0 amide bonds. The maximum Gasteiger partial charge on any atom is 0.136 e. The molecule has 90 valence electrons. The van der Waals surface area contributed by atoms with E-state index in [9.17, 15) is 0 Å². The molecule has 2 rings (SSSR count). The zero-order chi connectivity index (χ0) is 12.4. The largest absolute Gasteiger partial charge is 0.487 e. The third-order valence-electron chi connectivity index (χ3n) is 2.81. The molecule has 0 aliphatic carbocycles. The highest BCUT2D eigenvalue weighted by Gasteiger charge is 2.09. The fraction of sp³-hybridized carbons (Fsp3) is 0.333. The van der Waals surface area contributed by atoms with Gasteiger partial charge in [-0.15, -0.1) is 5.10 Å². The molecule has 2 N–H and O–H groups in total. The van der Waals surface area contributed by atoms with Gasteiger partial charge in [0.05, 0.1) is 0 Å². The summed E-state index contributed by atoms with van der Waals surface area (Å²) in [5, 5.41) is 4.55. The van der Waals surface area contributed by atoms with E-state index in [-0.39, 0.29) is 0 Å². The summed E-state index contributed by atoms with van der Waals surface area (Å²) >= 11 is 1.19. The van der Waals surface area contributed by atoms with Crippen LogP contribution in [0, 0.1) is 20.8 Å². The van der Waals surface area contributed by atoms with Gasteiger partial charge in [0.1, 0.15) is 23.1 Å². The van der Waals surface area contributed by atoms with Crippen molar-refractivity contribution in [1.29, 1.82) is 0 Å². The number of nitrogen functional groups attached to an aromatic ring is 1. The van der Waals surface area contributed by atoms with E-state index in [4.69, 9.17) is 10.5 Å². The van der Waals surface area contributed by atoms with E-state index in [1.165, 1.54) is 17.1 Å². The Morgan fingerprint density at radius 3 is 2.59 bits per heavy atom. The van der Waals surface area contributed by atoms with Crippen LogP contribution >= 0.6 is 11.5 Å². The number of nitrogens with two attached hydrogens (primary N) is 1. The van der Waals surface area contributed by atoms with E-state index in [1.807, 2.05) is 6.92 Å². The van der Waals surface area contributed by atoms with Crippen LogP contribution in [0.4, 0.5) is 5.00 Å². The Morgan fingerprint density at radius 2 is 1.94 bits per heavy atom. The van der Waals surface area contributed by atoms with Crippen molar-refractivity contribution >= 4 is 16.5 Å². The second kappa shape index (κ2) is 4.71. The lowest BCUT2D eigenvalue weighted by Crippen LogP contribution is -2.02. The van der Waals surface area contributed by atoms with E-state index in [0.29, 0.717) is 17.3 Å². The molecule has 0 radical (unpaired) electrons. The van der Waals surface area contributed by atoms with Crippen LogP contribution < -0.4 is 10.5 Å². The van der Waals surface area contributed by atoms with Crippen molar-refractivity contribution in [3.63, 3.8) is 0 Å². The van der Waals surface area contributed by atoms with Gasteiger partial charge < -0.3 is 10.5 Å². The van der Waals surface area contributed by atoms with Gasteiger partial charge in [0.25, 0.3) is 0 Å². The van der Waals surface area contributed by atoms with Crippen LogP contribution in [0.5, 0.6) is 5.75 Å². The molecule has 0 atom stereocenters. The molecule has 5 heteroatoms. The first kappa shape index (κ1) is 11.9. The van der Waals surface area contributed by atoms with E-state index in [0.717, 1.165) is 16.9 Å². The molecule has 0 spiro atoms. The molecule has 2 aromatic rings. The molecule has 0 aliphatic rings. The Labute approximate surface area is 105 Å². The number of rotatable bonds is 3. The Morgan fingerprint density at radius 1 is 1.24 bits per heavy atom. The first-order chi connectivity index (χ1) is 8.09. The molecule has 0 saturated heterocycles. The molecule has 17 heavy (non-hydrogen) atoms. The molecule has 0 fully saturated rings. The minimum atomic E-state index is 0.369. The second-order valence-corrected chi connectivity index (χ2v) is 4.81. The van der Waals surface area contributed by atoms with E-state index in [2.05, 4.69) is 35.6 Å². The van der Waals surface area contributed by atoms with Crippen molar-refractivity contribution in [3.05, 3.63) is 34.5 Å². The Hall–Kier alpha value is -1.62. The summed E-state index contributed by atoms with van der Waals surface area (Å²) < 4.78 is 9.58. The third kappa shape index (κ3) is 2.39.